The summed E-state index contributed by atoms with van der Waals surface area (Å²) in [6, 6.07) is 20.8. The summed E-state index contributed by atoms with van der Waals surface area (Å²) in [6.07, 6.45) is 1.95. The van der Waals surface area contributed by atoms with Crippen molar-refractivity contribution in [3.63, 3.8) is 0 Å². The lowest BCUT2D eigenvalue weighted by Crippen LogP contribution is -2.23. The zero-order valence-corrected chi connectivity index (χ0v) is 15.6. The lowest BCUT2D eigenvalue weighted by molar-refractivity contribution is 0.343. The minimum Gasteiger partial charge on any atom is -0.306 e. The standard InChI is InChI=1S/C21H24N2OS/c1-22(15-13-17-9-5-3-6-10-17)16-14-19-20(23(2)21(24)25-19)18-11-7-4-8-12-18/h3-12H,13-16H2,1-2H3. The number of hydrogen-bond acceptors (Lipinski definition) is 3. The Morgan fingerprint density at radius 2 is 1.52 bits per heavy atom. The Morgan fingerprint density at radius 3 is 2.20 bits per heavy atom. The minimum absolute atomic E-state index is 0.112. The van der Waals surface area contributed by atoms with Gasteiger partial charge in [-0.2, -0.15) is 0 Å². The van der Waals surface area contributed by atoms with Crippen molar-refractivity contribution in [1.29, 1.82) is 0 Å². The molecule has 25 heavy (non-hydrogen) atoms. The molecule has 0 bridgehead atoms. The van der Waals surface area contributed by atoms with Crippen LogP contribution in [0.25, 0.3) is 11.3 Å². The molecule has 0 N–H and O–H groups in total. The number of nitrogens with zero attached hydrogens (tertiary/aromatic N) is 2. The molecule has 0 unspecified atom stereocenters. The van der Waals surface area contributed by atoms with E-state index in [4.69, 9.17) is 0 Å². The topological polar surface area (TPSA) is 25.2 Å². The van der Waals surface area contributed by atoms with Crippen LogP contribution in [0.3, 0.4) is 0 Å². The molecule has 2 aromatic carbocycles. The fraction of sp³-hybridized carbons (Fsp3) is 0.286. The first-order valence-corrected chi connectivity index (χ1v) is 9.43. The van der Waals surface area contributed by atoms with Gasteiger partial charge >= 0.3 is 4.87 Å². The van der Waals surface area contributed by atoms with Gasteiger partial charge in [0.15, 0.2) is 0 Å². The van der Waals surface area contributed by atoms with Crippen LogP contribution in [-0.4, -0.2) is 29.6 Å². The Hall–Kier alpha value is -2.17. The van der Waals surface area contributed by atoms with E-state index in [1.165, 1.54) is 21.8 Å². The molecule has 0 aliphatic heterocycles. The van der Waals surface area contributed by atoms with Crippen LogP contribution in [0.5, 0.6) is 0 Å². The third kappa shape index (κ3) is 4.47. The molecule has 1 aromatic heterocycles. The van der Waals surface area contributed by atoms with E-state index < -0.39 is 0 Å². The van der Waals surface area contributed by atoms with Gasteiger partial charge in [-0.05, 0) is 31.0 Å². The molecule has 3 nitrogen and oxygen atoms in total. The van der Waals surface area contributed by atoms with Crippen LogP contribution in [0.2, 0.25) is 0 Å². The zero-order valence-electron chi connectivity index (χ0n) is 14.8. The summed E-state index contributed by atoms with van der Waals surface area (Å²) >= 11 is 1.37. The van der Waals surface area contributed by atoms with Crippen LogP contribution in [0, 0.1) is 0 Å². The van der Waals surface area contributed by atoms with Gasteiger partial charge in [0, 0.05) is 25.0 Å². The summed E-state index contributed by atoms with van der Waals surface area (Å²) in [5.74, 6) is 0. The zero-order chi connectivity index (χ0) is 17.6. The highest BCUT2D eigenvalue weighted by molar-refractivity contribution is 7.09. The van der Waals surface area contributed by atoms with Crippen LogP contribution in [0.15, 0.2) is 65.5 Å². The van der Waals surface area contributed by atoms with Gasteiger partial charge in [0.05, 0.1) is 5.69 Å². The third-order valence-corrected chi connectivity index (χ3v) is 5.57. The van der Waals surface area contributed by atoms with E-state index in [9.17, 15) is 4.79 Å². The van der Waals surface area contributed by atoms with Gasteiger partial charge in [-0.3, -0.25) is 4.79 Å². The van der Waals surface area contributed by atoms with E-state index in [1.807, 2.05) is 25.2 Å². The Bertz CT molecular complexity index is 853. The largest absolute Gasteiger partial charge is 0.307 e. The average Bonchev–Trinajstić information content (AvgIpc) is 2.94. The number of hydrogen-bond donors (Lipinski definition) is 0. The highest BCUT2D eigenvalue weighted by atomic mass is 32.1. The highest BCUT2D eigenvalue weighted by Crippen LogP contribution is 2.25. The third-order valence-electron chi connectivity index (χ3n) is 4.48. The molecular weight excluding hydrogens is 328 g/mol. The second kappa shape index (κ2) is 8.28. The lowest BCUT2D eigenvalue weighted by Gasteiger charge is -2.16. The number of likely N-dealkylation sites (N-methyl/N-ethyl adjacent to an activating group) is 1. The molecule has 130 valence electrons. The fourth-order valence-corrected chi connectivity index (χ4v) is 3.97. The van der Waals surface area contributed by atoms with Crippen LogP contribution in [-0.2, 0) is 19.9 Å². The van der Waals surface area contributed by atoms with Crippen molar-refractivity contribution in [3.8, 4) is 11.3 Å². The Kier molecular flexibility index (Phi) is 5.84. The first-order chi connectivity index (χ1) is 12.1. The first-order valence-electron chi connectivity index (χ1n) is 8.61. The average molecular weight is 353 g/mol. The number of rotatable bonds is 7. The Balaban J connectivity index is 1.65. The van der Waals surface area contributed by atoms with Crippen LogP contribution >= 0.6 is 11.3 Å². The van der Waals surface area contributed by atoms with Crippen molar-refractivity contribution in [2.45, 2.75) is 12.8 Å². The summed E-state index contributed by atoms with van der Waals surface area (Å²) in [5.41, 5.74) is 3.54. The summed E-state index contributed by atoms with van der Waals surface area (Å²) in [6.45, 7) is 1.97. The fourth-order valence-electron chi connectivity index (χ4n) is 2.99. The molecule has 0 saturated heterocycles. The van der Waals surface area contributed by atoms with Crippen molar-refractivity contribution in [2.24, 2.45) is 7.05 Å². The summed E-state index contributed by atoms with van der Waals surface area (Å²) < 4.78 is 1.78. The maximum atomic E-state index is 12.2. The van der Waals surface area contributed by atoms with E-state index in [0.717, 1.165) is 37.2 Å². The SMILES string of the molecule is CN(CCc1ccccc1)CCc1sc(=O)n(C)c1-c1ccccc1. The Morgan fingerprint density at radius 1 is 0.920 bits per heavy atom. The molecule has 4 heteroatoms. The lowest BCUT2D eigenvalue weighted by atomic mass is 10.1. The van der Waals surface area contributed by atoms with E-state index in [0.29, 0.717) is 0 Å². The molecule has 0 aliphatic rings. The van der Waals surface area contributed by atoms with Gasteiger partial charge in [-0.25, -0.2) is 0 Å². The molecule has 0 fully saturated rings. The van der Waals surface area contributed by atoms with Gasteiger partial charge in [0.1, 0.15) is 0 Å². The van der Waals surface area contributed by atoms with E-state index in [2.05, 4.69) is 54.4 Å². The molecule has 0 saturated carbocycles. The molecule has 1 heterocycles. The van der Waals surface area contributed by atoms with Gasteiger partial charge in [-0.1, -0.05) is 72.0 Å². The minimum atomic E-state index is 0.112. The van der Waals surface area contributed by atoms with Gasteiger partial charge in [0.2, 0.25) is 0 Å². The maximum Gasteiger partial charge on any atom is 0.307 e. The number of thiazole rings is 1. The second-order valence-corrected chi connectivity index (χ2v) is 7.40. The van der Waals surface area contributed by atoms with E-state index >= 15 is 0 Å². The van der Waals surface area contributed by atoms with Crippen molar-refractivity contribution in [1.82, 2.24) is 9.47 Å². The van der Waals surface area contributed by atoms with Gasteiger partial charge in [-0.15, -0.1) is 0 Å². The van der Waals surface area contributed by atoms with Gasteiger partial charge in [0.25, 0.3) is 0 Å². The van der Waals surface area contributed by atoms with Crippen molar-refractivity contribution >= 4 is 11.3 Å². The maximum absolute atomic E-state index is 12.2. The predicted octanol–water partition coefficient (Wildman–Crippen LogP) is 3.83. The van der Waals surface area contributed by atoms with Crippen LogP contribution in [0.1, 0.15) is 10.4 Å². The summed E-state index contributed by atoms with van der Waals surface area (Å²) in [5, 5.41) is 0. The van der Waals surface area contributed by atoms with Crippen LogP contribution in [0.4, 0.5) is 0 Å². The predicted molar refractivity (Wildman–Crippen MR) is 106 cm³/mol. The molecule has 0 aliphatic carbocycles. The Labute approximate surface area is 153 Å². The number of benzene rings is 2. The molecule has 0 amide bonds. The second-order valence-electron chi connectivity index (χ2n) is 6.35. The van der Waals surface area contributed by atoms with E-state index in [1.54, 1.807) is 4.57 Å². The van der Waals surface area contributed by atoms with Crippen molar-refractivity contribution < 1.29 is 0 Å². The monoisotopic (exact) mass is 352 g/mol. The first kappa shape index (κ1) is 17.6. The summed E-state index contributed by atoms with van der Waals surface area (Å²) in [7, 11) is 4.01. The molecular formula is C21H24N2OS. The van der Waals surface area contributed by atoms with Crippen molar-refractivity contribution in [2.75, 3.05) is 20.1 Å². The smallest absolute Gasteiger partial charge is 0.306 e. The number of aromatic nitrogens is 1. The molecule has 3 aromatic rings. The van der Waals surface area contributed by atoms with Crippen LogP contribution < -0.4 is 4.87 Å². The molecule has 0 atom stereocenters. The molecule has 3 rings (SSSR count). The molecule has 0 spiro atoms. The summed E-state index contributed by atoms with van der Waals surface area (Å²) in [4.78, 5) is 15.8. The normalized spacial score (nSPS) is 11.2. The quantitative estimate of drug-likeness (QED) is 0.646. The molecule has 0 radical (unpaired) electrons. The van der Waals surface area contributed by atoms with E-state index in [-0.39, 0.29) is 4.87 Å². The van der Waals surface area contributed by atoms with Gasteiger partial charge < -0.3 is 9.47 Å². The van der Waals surface area contributed by atoms with Crippen molar-refractivity contribution in [3.05, 3.63) is 80.8 Å². The highest BCUT2D eigenvalue weighted by Gasteiger charge is 2.14.